The summed E-state index contributed by atoms with van der Waals surface area (Å²) in [5.74, 6) is 0.529. The van der Waals surface area contributed by atoms with Crippen LogP contribution in [0.25, 0.3) is 11.3 Å². The Balaban J connectivity index is 1.78. The molecule has 0 aliphatic carbocycles. The summed E-state index contributed by atoms with van der Waals surface area (Å²) >= 11 is 3.17. The van der Waals surface area contributed by atoms with Gasteiger partial charge in [0.25, 0.3) is 5.91 Å². The molecule has 0 atom stereocenters. The molecule has 1 aromatic carbocycles. The summed E-state index contributed by atoms with van der Waals surface area (Å²) in [6, 6.07) is 9.75. The second kappa shape index (κ2) is 7.27. The van der Waals surface area contributed by atoms with Crippen LogP contribution in [0.2, 0.25) is 0 Å². The Bertz CT molecular complexity index is 1030. The Morgan fingerprint density at radius 2 is 2.27 bits per heavy atom. The number of benzene rings is 1. The number of carbonyl (C=O) groups is 1. The van der Waals surface area contributed by atoms with Gasteiger partial charge in [-0.25, -0.2) is 4.68 Å². The number of nitrogens with one attached hydrogen (secondary N) is 1. The monoisotopic (exact) mass is 384 g/mol. The number of amides is 1. The smallest absolute Gasteiger partial charge is 0.262 e. The number of ether oxygens (including phenoxy) is 1. The molecule has 6 nitrogen and oxygen atoms in total. The zero-order valence-corrected chi connectivity index (χ0v) is 15.6. The van der Waals surface area contributed by atoms with Gasteiger partial charge in [0.1, 0.15) is 5.75 Å². The van der Waals surface area contributed by atoms with Crippen molar-refractivity contribution >= 4 is 40.5 Å². The molecule has 0 saturated heterocycles. The molecule has 0 saturated carbocycles. The zero-order chi connectivity index (χ0) is 17.9. The van der Waals surface area contributed by atoms with E-state index in [1.807, 2.05) is 58.9 Å². The maximum Gasteiger partial charge on any atom is 0.262 e. The van der Waals surface area contributed by atoms with Gasteiger partial charge in [-0.05, 0) is 36.6 Å². The molecule has 26 heavy (non-hydrogen) atoms. The van der Waals surface area contributed by atoms with Crippen LogP contribution in [0.4, 0.5) is 5.69 Å². The number of nitrogens with zero attached hydrogens (tertiary/aromatic N) is 3. The molecule has 3 aromatic rings. The second-order valence-electron chi connectivity index (χ2n) is 5.50. The zero-order valence-electron chi connectivity index (χ0n) is 14.0. The third-order valence-corrected chi connectivity index (χ3v) is 5.39. The molecular formula is C18H16N4O2S2. The van der Waals surface area contributed by atoms with Gasteiger partial charge in [-0.3, -0.25) is 9.79 Å². The van der Waals surface area contributed by atoms with E-state index < -0.39 is 0 Å². The normalized spacial score (nSPS) is 14.3. The summed E-state index contributed by atoms with van der Waals surface area (Å²) < 4.78 is 7.27. The Kier molecular flexibility index (Phi) is 4.68. The third kappa shape index (κ3) is 3.33. The van der Waals surface area contributed by atoms with Crippen LogP contribution in [0.5, 0.6) is 5.75 Å². The van der Waals surface area contributed by atoms with E-state index in [9.17, 15) is 4.79 Å². The number of fused-ring (bicyclic) bond motifs is 1. The minimum atomic E-state index is -0.148. The molecule has 0 spiro atoms. The van der Waals surface area contributed by atoms with E-state index in [1.54, 1.807) is 11.3 Å². The number of hydrogen-bond acceptors (Lipinski definition) is 6. The lowest BCUT2D eigenvalue weighted by Gasteiger charge is -2.18. The van der Waals surface area contributed by atoms with Crippen molar-refractivity contribution in [1.29, 1.82) is 0 Å². The molecule has 8 heteroatoms. The maximum absolute atomic E-state index is 11.6. The van der Waals surface area contributed by atoms with Gasteiger partial charge in [0.15, 0.2) is 6.61 Å². The van der Waals surface area contributed by atoms with Gasteiger partial charge in [-0.15, -0.1) is 22.7 Å². The van der Waals surface area contributed by atoms with Crippen LogP contribution < -0.4 is 14.9 Å². The van der Waals surface area contributed by atoms with E-state index in [4.69, 9.17) is 4.74 Å². The van der Waals surface area contributed by atoms with Gasteiger partial charge in [-0.2, -0.15) is 5.10 Å². The van der Waals surface area contributed by atoms with Gasteiger partial charge in [0, 0.05) is 22.4 Å². The fourth-order valence-electron chi connectivity index (χ4n) is 2.57. The van der Waals surface area contributed by atoms with Crippen LogP contribution >= 0.6 is 22.7 Å². The van der Waals surface area contributed by atoms with Crippen LogP contribution in [0.1, 0.15) is 11.8 Å². The average Bonchev–Trinajstić information content (AvgIpc) is 3.29. The fraction of sp³-hybridized carbons (Fsp3) is 0.167. The van der Waals surface area contributed by atoms with Gasteiger partial charge in [0.05, 0.1) is 17.6 Å². The molecule has 1 amide bonds. The molecule has 132 valence electrons. The number of thiophene rings is 1. The molecule has 3 heterocycles. The van der Waals surface area contributed by atoms with Gasteiger partial charge in [-0.1, -0.05) is 6.07 Å². The highest BCUT2D eigenvalue weighted by molar-refractivity contribution is 7.11. The predicted molar refractivity (Wildman–Crippen MR) is 105 cm³/mol. The van der Waals surface area contributed by atoms with E-state index in [-0.39, 0.29) is 12.5 Å². The minimum absolute atomic E-state index is 0.0510. The summed E-state index contributed by atoms with van der Waals surface area (Å²) in [5, 5.41) is 11.5. The SMILES string of the molecule is CCN=c1scc(-c2ccc3c(c2)NC(=O)CO3)n1N=Cc1cccs1. The molecule has 1 N–H and O–H groups in total. The predicted octanol–water partition coefficient (Wildman–Crippen LogP) is 3.41. The van der Waals surface area contributed by atoms with E-state index in [2.05, 4.69) is 15.4 Å². The highest BCUT2D eigenvalue weighted by atomic mass is 32.1. The number of hydrogen-bond donors (Lipinski definition) is 1. The average molecular weight is 384 g/mol. The molecule has 1 aliphatic heterocycles. The topological polar surface area (TPSA) is 68.0 Å². The molecule has 0 bridgehead atoms. The molecule has 0 radical (unpaired) electrons. The van der Waals surface area contributed by atoms with Crippen LogP contribution in [0.15, 0.2) is 51.2 Å². The van der Waals surface area contributed by atoms with E-state index in [0.29, 0.717) is 18.0 Å². The van der Waals surface area contributed by atoms with Crippen molar-refractivity contribution in [2.45, 2.75) is 6.92 Å². The van der Waals surface area contributed by atoms with E-state index in [1.165, 1.54) is 11.3 Å². The lowest BCUT2D eigenvalue weighted by molar-refractivity contribution is -0.118. The second-order valence-corrected chi connectivity index (χ2v) is 7.31. The molecule has 0 fully saturated rings. The lowest BCUT2D eigenvalue weighted by Crippen LogP contribution is -2.25. The van der Waals surface area contributed by atoms with Gasteiger partial charge in [0.2, 0.25) is 4.80 Å². The standard InChI is InChI=1S/C18H16N4O2S2/c1-2-19-18-22(20-9-13-4-3-7-25-13)15(11-26-18)12-5-6-16-14(8-12)21-17(23)10-24-16/h3-9,11H,2,10H2,1H3,(H,21,23). The van der Waals surface area contributed by atoms with Gasteiger partial charge < -0.3 is 10.1 Å². The summed E-state index contributed by atoms with van der Waals surface area (Å²) in [4.78, 5) is 18.0. The van der Waals surface area contributed by atoms with Crippen LogP contribution in [-0.4, -0.2) is 29.9 Å². The van der Waals surface area contributed by atoms with Gasteiger partial charge >= 0.3 is 0 Å². The van der Waals surface area contributed by atoms with Crippen LogP contribution in [-0.2, 0) is 4.79 Å². The first-order valence-electron chi connectivity index (χ1n) is 8.10. The summed E-state index contributed by atoms with van der Waals surface area (Å²) in [7, 11) is 0. The summed E-state index contributed by atoms with van der Waals surface area (Å²) in [6.07, 6.45) is 1.83. The molecule has 1 aliphatic rings. The fourth-order valence-corrected chi connectivity index (χ4v) is 4.06. The number of rotatable bonds is 4. The Morgan fingerprint density at radius 1 is 1.35 bits per heavy atom. The quantitative estimate of drug-likeness (QED) is 0.701. The van der Waals surface area contributed by atoms with Crippen molar-refractivity contribution in [2.75, 3.05) is 18.5 Å². The van der Waals surface area contributed by atoms with E-state index >= 15 is 0 Å². The number of aromatic nitrogens is 1. The minimum Gasteiger partial charge on any atom is -0.482 e. The Labute approximate surface area is 158 Å². The van der Waals surface area contributed by atoms with Crippen molar-refractivity contribution in [3.8, 4) is 17.0 Å². The summed E-state index contributed by atoms with van der Waals surface area (Å²) in [5.41, 5.74) is 2.53. The molecule has 4 rings (SSSR count). The molecular weight excluding hydrogens is 368 g/mol. The third-order valence-electron chi connectivity index (χ3n) is 3.73. The van der Waals surface area contributed by atoms with Crippen molar-refractivity contribution in [2.24, 2.45) is 10.1 Å². The van der Waals surface area contributed by atoms with Crippen LogP contribution in [0, 0.1) is 0 Å². The first-order valence-corrected chi connectivity index (χ1v) is 9.86. The van der Waals surface area contributed by atoms with Crippen molar-refractivity contribution in [3.63, 3.8) is 0 Å². The Morgan fingerprint density at radius 3 is 3.08 bits per heavy atom. The maximum atomic E-state index is 11.6. The number of carbonyl (C=O) groups excluding carboxylic acids is 1. The number of thiazole rings is 1. The number of anilines is 1. The largest absolute Gasteiger partial charge is 0.482 e. The highest BCUT2D eigenvalue weighted by Crippen LogP contribution is 2.32. The van der Waals surface area contributed by atoms with Crippen molar-refractivity contribution in [3.05, 3.63) is 50.8 Å². The first kappa shape index (κ1) is 16.7. The van der Waals surface area contributed by atoms with Crippen LogP contribution in [0.3, 0.4) is 0 Å². The van der Waals surface area contributed by atoms with E-state index in [0.717, 1.165) is 20.9 Å². The van der Waals surface area contributed by atoms with Crippen molar-refractivity contribution in [1.82, 2.24) is 4.68 Å². The molecule has 0 unspecified atom stereocenters. The summed E-state index contributed by atoms with van der Waals surface area (Å²) in [6.45, 7) is 2.73. The lowest BCUT2D eigenvalue weighted by atomic mass is 10.1. The Hall–Kier alpha value is -2.71. The molecule has 2 aromatic heterocycles. The first-order chi connectivity index (χ1) is 12.7. The van der Waals surface area contributed by atoms with Crippen molar-refractivity contribution < 1.29 is 9.53 Å². The highest BCUT2D eigenvalue weighted by Gasteiger charge is 2.17.